The molecule has 1 atom stereocenters. The Labute approximate surface area is 151 Å². The van der Waals surface area contributed by atoms with E-state index in [1.165, 1.54) is 11.1 Å². The molecule has 1 fully saturated rings. The number of carbonyl (C=O) groups is 1. The van der Waals surface area contributed by atoms with Gasteiger partial charge >= 0.3 is 0 Å². The third-order valence-electron chi connectivity index (χ3n) is 4.26. The lowest BCUT2D eigenvalue weighted by Gasteiger charge is -2.36. The molecule has 0 radical (unpaired) electrons. The first-order chi connectivity index (χ1) is 11.5. The number of pyridine rings is 1. The summed E-state index contributed by atoms with van der Waals surface area (Å²) < 4.78 is 0. The largest absolute Gasteiger partial charge is 0.367 e. The van der Waals surface area contributed by atoms with Gasteiger partial charge in [0.05, 0.1) is 5.52 Å². The number of piperazine rings is 1. The molecular formula is C19H22BrN3O. The Morgan fingerprint density at radius 1 is 1.25 bits per heavy atom. The van der Waals surface area contributed by atoms with Crippen LogP contribution in [0.2, 0.25) is 0 Å². The second-order valence-electron chi connectivity index (χ2n) is 6.15. The zero-order valence-electron chi connectivity index (χ0n) is 14.1. The average molecular weight is 388 g/mol. The second kappa shape index (κ2) is 7.34. The average Bonchev–Trinajstić information content (AvgIpc) is 2.59. The van der Waals surface area contributed by atoms with Crippen LogP contribution in [0.1, 0.15) is 12.6 Å². The molecule has 2 heterocycles. The number of allylic oxidation sites excluding steroid dienone is 1. The summed E-state index contributed by atoms with van der Waals surface area (Å²) >= 11 is 3.43. The molecule has 2 aromatic rings. The second-order valence-corrected chi connectivity index (χ2v) is 7.59. The summed E-state index contributed by atoms with van der Waals surface area (Å²) in [5.41, 5.74) is 3.27. The van der Waals surface area contributed by atoms with Crippen molar-refractivity contribution < 1.29 is 4.79 Å². The monoisotopic (exact) mass is 387 g/mol. The zero-order valence-corrected chi connectivity index (χ0v) is 15.7. The molecule has 1 aliphatic heterocycles. The van der Waals surface area contributed by atoms with Gasteiger partial charge in [-0.25, -0.2) is 0 Å². The minimum absolute atomic E-state index is 0.0942. The molecule has 1 aromatic heterocycles. The lowest BCUT2D eigenvalue weighted by molar-refractivity contribution is -0.126. The van der Waals surface area contributed by atoms with E-state index in [4.69, 9.17) is 0 Å². The van der Waals surface area contributed by atoms with Crippen molar-refractivity contribution in [2.75, 3.05) is 31.1 Å². The molecule has 0 bridgehead atoms. The number of benzene rings is 1. The lowest BCUT2D eigenvalue weighted by atomic mass is 10.1. The first kappa shape index (κ1) is 17.0. The summed E-state index contributed by atoms with van der Waals surface area (Å²) in [5, 5.41) is 1.18. The minimum Gasteiger partial charge on any atom is -0.367 e. The Morgan fingerprint density at radius 2 is 1.96 bits per heavy atom. The highest BCUT2D eigenvalue weighted by Crippen LogP contribution is 2.27. The quantitative estimate of drug-likeness (QED) is 0.596. The van der Waals surface area contributed by atoms with Crippen LogP contribution < -0.4 is 4.90 Å². The normalized spacial score (nSPS) is 16.8. The smallest absolute Gasteiger partial charge is 0.246 e. The zero-order chi connectivity index (χ0) is 17.1. The number of alkyl halides is 1. The molecule has 4 nitrogen and oxygen atoms in total. The van der Waals surface area contributed by atoms with Crippen molar-refractivity contribution in [1.82, 2.24) is 9.88 Å². The number of fused-ring (bicyclic) bond motifs is 1. The number of carbonyl (C=O) groups excluding carboxylic acids is 1. The summed E-state index contributed by atoms with van der Waals surface area (Å²) in [5.74, 6) is 0.0942. The van der Waals surface area contributed by atoms with Crippen LogP contribution in [-0.2, 0) is 4.79 Å². The Kier molecular flexibility index (Phi) is 5.19. The van der Waals surface area contributed by atoms with Gasteiger partial charge in [-0.3, -0.25) is 9.78 Å². The molecule has 24 heavy (non-hydrogen) atoms. The van der Waals surface area contributed by atoms with Crippen molar-refractivity contribution in [2.45, 2.75) is 18.7 Å². The van der Waals surface area contributed by atoms with E-state index in [2.05, 4.69) is 50.1 Å². The molecule has 0 N–H and O–H groups in total. The van der Waals surface area contributed by atoms with E-state index in [9.17, 15) is 4.79 Å². The number of hydrogen-bond acceptors (Lipinski definition) is 3. The molecule has 1 aliphatic rings. The van der Waals surface area contributed by atoms with E-state index < -0.39 is 0 Å². The van der Waals surface area contributed by atoms with Crippen molar-refractivity contribution in [3.05, 3.63) is 48.2 Å². The fourth-order valence-electron chi connectivity index (χ4n) is 3.04. The molecule has 1 amide bonds. The minimum atomic E-state index is 0.0942. The van der Waals surface area contributed by atoms with E-state index >= 15 is 0 Å². The molecule has 0 spiro atoms. The third-order valence-corrected chi connectivity index (χ3v) is 4.56. The number of rotatable bonds is 3. The topological polar surface area (TPSA) is 36.4 Å². The molecule has 0 saturated carbocycles. The number of aromatic nitrogens is 1. The molecule has 3 rings (SSSR count). The van der Waals surface area contributed by atoms with Crippen LogP contribution >= 0.6 is 15.9 Å². The van der Waals surface area contributed by atoms with Crippen LogP contribution in [0.4, 0.5) is 5.69 Å². The molecule has 1 unspecified atom stereocenters. The van der Waals surface area contributed by atoms with E-state index in [-0.39, 0.29) is 10.7 Å². The standard InChI is InChI=1S/C19H22BrN3O/c1-14(20)7-8-19(24)23-11-9-22(10-12-23)18-13-15(2)21-17-6-4-3-5-16(17)18/h3-8,13-14H,9-12H2,1-2H3/b8-7+. The first-order valence-electron chi connectivity index (χ1n) is 8.27. The lowest BCUT2D eigenvalue weighted by Crippen LogP contribution is -2.48. The molecule has 5 heteroatoms. The summed E-state index contributed by atoms with van der Waals surface area (Å²) in [7, 11) is 0. The van der Waals surface area contributed by atoms with Crippen LogP contribution in [0, 0.1) is 6.92 Å². The van der Waals surface area contributed by atoms with Gasteiger partial charge < -0.3 is 9.80 Å². The number of para-hydroxylation sites is 1. The predicted molar refractivity (Wildman–Crippen MR) is 103 cm³/mol. The van der Waals surface area contributed by atoms with Crippen LogP contribution in [0.25, 0.3) is 10.9 Å². The maximum atomic E-state index is 12.2. The number of halogens is 1. The molecule has 0 aliphatic carbocycles. The van der Waals surface area contributed by atoms with Crippen LogP contribution in [0.3, 0.4) is 0 Å². The van der Waals surface area contributed by atoms with Gasteiger partial charge in [-0.1, -0.05) is 40.2 Å². The van der Waals surface area contributed by atoms with Crippen molar-refractivity contribution in [3.8, 4) is 0 Å². The molecule has 1 aromatic carbocycles. The van der Waals surface area contributed by atoms with E-state index in [1.54, 1.807) is 6.08 Å². The van der Waals surface area contributed by atoms with E-state index in [1.807, 2.05) is 30.9 Å². The van der Waals surface area contributed by atoms with Crippen LogP contribution in [0.15, 0.2) is 42.5 Å². The van der Waals surface area contributed by atoms with Gasteiger partial charge in [0.15, 0.2) is 0 Å². The maximum Gasteiger partial charge on any atom is 0.246 e. The highest BCUT2D eigenvalue weighted by Gasteiger charge is 2.21. The molecule has 126 valence electrons. The van der Waals surface area contributed by atoms with Crippen molar-refractivity contribution in [1.29, 1.82) is 0 Å². The van der Waals surface area contributed by atoms with Crippen molar-refractivity contribution in [2.24, 2.45) is 0 Å². The number of hydrogen-bond donors (Lipinski definition) is 0. The van der Waals surface area contributed by atoms with Gasteiger partial charge in [0.25, 0.3) is 0 Å². The number of aryl methyl sites for hydroxylation is 1. The van der Waals surface area contributed by atoms with Gasteiger partial charge in [-0.2, -0.15) is 0 Å². The summed E-state index contributed by atoms with van der Waals surface area (Å²) in [6.45, 7) is 7.21. The van der Waals surface area contributed by atoms with E-state index in [0.29, 0.717) is 0 Å². The van der Waals surface area contributed by atoms with Crippen LogP contribution in [0.5, 0.6) is 0 Å². The number of nitrogens with zero attached hydrogens (tertiary/aromatic N) is 3. The highest BCUT2D eigenvalue weighted by molar-refractivity contribution is 9.09. The van der Waals surface area contributed by atoms with E-state index in [0.717, 1.165) is 37.4 Å². The van der Waals surface area contributed by atoms with Gasteiger partial charge in [-0.05, 0) is 26.0 Å². The highest BCUT2D eigenvalue weighted by atomic mass is 79.9. The Morgan fingerprint density at radius 3 is 2.67 bits per heavy atom. The maximum absolute atomic E-state index is 12.2. The summed E-state index contributed by atoms with van der Waals surface area (Å²) in [6.07, 6.45) is 3.55. The fraction of sp³-hybridized carbons (Fsp3) is 0.368. The molecule has 1 saturated heterocycles. The van der Waals surface area contributed by atoms with Crippen molar-refractivity contribution >= 4 is 38.4 Å². The van der Waals surface area contributed by atoms with Gasteiger partial charge in [0.1, 0.15) is 0 Å². The van der Waals surface area contributed by atoms with Gasteiger partial charge in [0, 0.05) is 53.8 Å². The van der Waals surface area contributed by atoms with Gasteiger partial charge in [0.2, 0.25) is 5.91 Å². The Balaban J connectivity index is 1.75. The van der Waals surface area contributed by atoms with Crippen molar-refractivity contribution in [3.63, 3.8) is 0 Å². The number of amides is 1. The van der Waals surface area contributed by atoms with Gasteiger partial charge in [-0.15, -0.1) is 0 Å². The number of anilines is 1. The Hall–Kier alpha value is -1.88. The SMILES string of the molecule is Cc1cc(N2CCN(C(=O)/C=C/C(C)Br)CC2)c2ccccc2n1. The third kappa shape index (κ3) is 3.78. The summed E-state index contributed by atoms with van der Waals surface area (Å²) in [6, 6.07) is 10.4. The van der Waals surface area contributed by atoms with Crippen LogP contribution in [-0.4, -0.2) is 46.8 Å². The fourth-order valence-corrected chi connectivity index (χ4v) is 3.19. The molecular weight excluding hydrogens is 366 g/mol. The summed E-state index contributed by atoms with van der Waals surface area (Å²) in [4.78, 5) is 21.3. The predicted octanol–water partition coefficient (Wildman–Crippen LogP) is 3.53. The Bertz CT molecular complexity index is 764. The first-order valence-corrected chi connectivity index (χ1v) is 9.18.